The number of aromatic nitrogens is 4. The van der Waals surface area contributed by atoms with Gasteiger partial charge in [-0.15, -0.1) is 0 Å². The lowest BCUT2D eigenvalue weighted by atomic mass is 10.0. The van der Waals surface area contributed by atoms with Gasteiger partial charge in [-0.2, -0.15) is 10.4 Å². The normalized spacial score (nSPS) is 21.2. The van der Waals surface area contributed by atoms with Crippen LogP contribution >= 0.6 is 0 Å². The van der Waals surface area contributed by atoms with E-state index in [1.165, 1.54) is 0 Å². The molecule has 3 aromatic heterocycles. The van der Waals surface area contributed by atoms with E-state index in [-0.39, 0.29) is 18.1 Å². The maximum Gasteiger partial charge on any atom is 0.252 e. The van der Waals surface area contributed by atoms with Gasteiger partial charge in [-0.25, -0.2) is 14.5 Å². The van der Waals surface area contributed by atoms with Crippen LogP contribution < -0.4 is 4.90 Å². The van der Waals surface area contributed by atoms with Crippen LogP contribution in [0.2, 0.25) is 0 Å². The first-order valence-electron chi connectivity index (χ1n) is 10.5. The fraction of sp³-hybridized carbons (Fsp3) is 0.409. The summed E-state index contributed by atoms with van der Waals surface area (Å²) in [7, 11) is 0. The highest BCUT2D eigenvalue weighted by Crippen LogP contribution is 2.24. The van der Waals surface area contributed by atoms with Crippen molar-refractivity contribution in [2.75, 3.05) is 31.1 Å². The van der Waals surface area contributed by atoms with Crippen molar-refractivity contribution in [2.24, 2.45) is 0 Å². The Morgan fingerprint density at radius 1 is 1.23 bits per heavy atom. The summed E-state index contributed by atoms with van der Waals surface area (Å²) in [6.45, 7) is 2.60. The molecule has 0 spiro atoms. The molecule has 9 heteroatoms. The SMILES string of the molecule is N#Cc1ccc(N2CCN3C(=O)C(CCCc4cccn5ncnc45)OCC3C2)nc1. The molecule has 0 radical (unpaired) electrons. The van der Waals surface area contributed by atoms with Crippen molar-refractivity contribution in [3.05, 3.63) is 54.1 Å². The van der Waals surface area contributed by atoms with Gasteiger partial charge in [0.15, 0.2) is 5.65 Å². The highest BCUT2D eigenvalue weighted by Gasteiger charge is 2.39. The number of anilines is 1. The maximum absolute atomic E-state index is 13.0. The zero-order valence-electron chi connectivity index (χ0n) is 17.1. The third-order valence-electron chi connectivity index (χ3n) is 6.03. The lowest BCUT2D eigenvalue weighted by molar-refractivity contribution is -0.160. The predicted octanol–water partition coefficient (Wildman–Crippen LogP) is 1.43. The smallest absolute Gasteiger partial charge is 0.252 e. The van der Waals surface area contributed by atoms with Crippen molar-refractivity contribution in [3.63, 3.8) is 0 Å². The molecule has 2 unspecified atom stereocenters. The molecule has 31 heavy (non-hydrogen) atoms. The van der Waals surface area contributed by atoms with Crippen molar-refractivity contribution >= 4 is 17.4 Å². The molecule has 0 saturated carbocycles. The van der Waals surface area contributed by atoms with Crippen LogP contribution in [0.25, 0.3) is 5.65 Å². The molecule has 0 aromatic carbocycles. The Morgan fingerprint density at radius 3 is 3.00 bits per heavy atom. The lowest BCUT2D eigenvalue weighted by Gasteiger charge is -2.46. The molecule has 2 saturated heterocycles. The van der Waals surface area contributed by atoms with Crippen LogP contribution in [-0.2, 0) is 16.0 Å². The van der Waals surface area contributed by atoms with Crippen molar-refractivity contribution in [1.29, 1.82) is 5.26 Å². The van der Waals surface area contributed by atoms with E-state index in [2.05, 4.69) is 32.1 Å². The van der Waals surface area contributed by atoms with E-state index >= 15 is 0 Å². The molecular weight excluding hydrogens is 394 g/mol. The Labute approximate surface area is 179 Å². The summed E-state index contributed by atoms with van der Waals surface area (Å²) in [6, 6.07) is 9.76. The summed E-state index contributed by atoms with van der Waals surface area (Å²) < 4.78 is 7.74. The highest BCUT2D eigenvalue weighted by molar-refractivity contribution is 5.82. The zero-order valence-corrected chi connectivity index (χ0v) is 17.1. The number of nitrogens with zero attached hydrogens (tertiary/aromatic N) is 7. The Morgan fingerprint density at radius 2 is 2.16 bits per heavy atom. The predicted molar refractivity (Wildman–Crippen MR) is 112 cm³/mol. The first-order chi connectivity index (χ1) is 15.2. The molecule has 2 aliphatic heterocycles. The molecule has 5 rings (SSSR count). The molecule has 0 N–H and O–H groups in total. The number of amides is 1. The fourth-order valence-electron chi connectivity index (χ4n) is 4.40. The largest absolute Gasteiger partial charge is 0.366 e. The van der Waals surface area contributed by atoms with Crippen LogP contribution in [0, 0.1) is 11.3 Å². The number of aryl methyl sites for hydroxylation is 1. The van der Waals surface area contributed by atoms with Crippen LogP contribution in [0.1, 0.15) is 24.0 Å². The van der Waals surface area contributed by atoms with Crippen LogP contribution in [0.4, 0.5) is 5.82 Å². The zero-order chi connectivity index (χ0) is 21.2. The number of hydrogen-bond donors (Lipinski definition) is 0. The number of piperazine rings is 1. The van der Waals surface area contributed by atoms with E-state index < -0.39 is 0 Å². The minimum absolute atomic E-state index is 0.0275. The van der Waals surface area contributed by atoms with Gasteiger partial charge in [0, 0.05) is 32.0 Å². The summed E-state index contributed by atoms with van der Waals surface area (Å²) in [5.41, 5.74) is 2.54. The molecule has 0 aliphatic carbocycles. The molecule has 9 nitrogen and oxygen atoms in total. The molecular formula is C22H23N7O2. The Bertz CT molecular complexity index is 1120. The van der Waals surface area contributed by atoms with Gasteiger partial charge in [-0.1, -0.05) is 6.07 Å². The van der Waals surface area contributed by atoms with Crippen LogP contribution in [-0.4, -0.2) is 68.8 Å². The molecule has 1 amide bonds. The average Bonchev–Trinajstić information content (AvgIpc) is 3.30. The van der Waals surface area contributed by atoms with Crippen molar-refractivity contribution in [1.82, 2.24) is 24.5 Å². The van der Waals surface area contributed by atoms with E-state index in [4.69, 9.17) is 10.00 Å². The molecule has 158 valence electrons. The van der Waals surface area contributed by atoms with Gasteiger partial charge in [0.05, 0.1) is 18.2 Å². The molecule has 3 aromatic rings. The van der Waals surface area contributed by atoms with Crippen LogP contribution in [0.5, 0.6) is 0 Å². The highest BCUT2D eigenvalue weighted by atomic mass is 16.5. The third kappa shape index (κ3) is 3.82. The van der Waals surface area contributed by atoms with Crippen molar-refractivity contribution in [3.8, 4) is 6.07 Å². The van der Waals surface area contributed by atoms with Gasteiger partial charge in [0.2, 0.25) is 0 Å². The van der Waals surface area contributed by atoms with Gasteiger partial charge in [-0.3, -0.25) is 4.79 Å². The summed E-state index contributed by atoms with van der Waals surface area (Å²) in [6.07, 6.45) is 7.01. The first-order valence-corrected chi connectivity index (χ1v) is 10.5. The van der Waals surface area contributed by atoms with E-state index in [0.717, 1.165) is 36.4 Å². The Balaban J connectivity index is 1.17. The monoisotopic (exact) mass is 417 g/mol. The van der Waals surface area contributed by atoms with Gasteiger partial charge in [-0.05, 0) is 43.0 Å². The molecule has 2 aliphatic rings. The second kappa shape index (κ2) is 8.32. The lowest BCUT2D eigenvalue weighted by Crippen LogP contribution is -2.62. The number of carbonyl (C=O) groups is 1. The van der Waals surface area contributed by atoms with Crippen molar-refractivity contribution < 1.29 is 9.53 Å². The number of pyridine rings is 2. The Hall–Kier alpha value is -3.51. The summed E-state index contributed by atoms with van der Waals surface area (Å²) in [5, 5.41) is 13.1. The number of morpholine rings is 1. The quantitative estimate of drug-likeness (QED) is 0.619. The van der Waals surface area contributed by atoms with Gasteiger partial charge >= 0.3 is 0 Å². The molecule has 0 bridgehead atoms. The minimum atomic E-state index is -0.381. The van der Waals surface area contributed by atoms with Gasteiger partial charge in [0.25, 0.3) is 5.91 Å². The number of fused-ring (bicyclic) bond motifs is 2. The van der Waals surface area contributed by atoms with Gasteiger partial charge in [0.1, 0.15) is 24.3 Å². The number of carbonyl (C=O) groups excluding carboxylic acids is 1. The van der Waals surface area contributed by atoms with Crippen LogP contribution in [0.15, 0.2) is 43.0 Å². The number of ether oxygens (including phenoxy) is 1. The summed E-state index contributed by atoms with van der Waals surface area (Å²) in [4.78, 5) is 25.8. The molecule has 2 atom stereocenters. The second-order valence-electron chi connectivity index (χ2n) is 7.92. The van der Waals surface area contributed by atoms with E-state index in [0.29, 0.717) is 31.7 Å². The first kappa shape index (κ1) is 19.5. The number of hydrogen-bond acceptors (Lipinski definition) is 7. The standard InChI is InChI=1S/C22H23N7O2/c23-11-16-6-7-20(24-12-16)27-9-10-28-18(13-27)14-31-19(22(28)30)5-1-3-17-4-2-8-29-21(17)25-15-26-29/h2,4,6-8,12,15,18-19H,1,3,5,9-10,13-14H2. The topological polar surface area (TPSA) is 99.7 Å². The molecule has 2 fully saturated rings. The van der Waals surface area contributed by atoms with E-state index in [1.54, 1.807) is 23.1 Å². The average molecular weight is 417 g/mol. The Kier molecular flexibility index (Phi) is 5.22. The maximum atomic E-state index is 13.0. The van der Waals surface area contributed by atoms with Crippen molar-refractivity contribution in [2.45, 2.75) is 31.4 Å². The van der Waals surface area contributed by atoms with E-state index in [9.17, 15) is 4.79 Å². The van der Waals surface area contributed by atoms with Gasteiger partial charge < -0.3 is 14.5 Å². The fourth-order valence-corrected chi connectivity index (χ4v) is 4.40. The number of nitriles is 1. The molecule has 5 heterocycles. The number of rotatable bonds is 5. The summed E-state index contributed by atoms with van der Waals surface area (Å²) >= 11 is 0. The second-order valence-corrected chi connectivity index (χ2v) is 7.92. The minimum Gasteiger partial charge on any atom is -0.366 e. The third-order valence-corrected chi connectivity index (χ3v) is 6.03. The summed E-state index contributed by atoms with van der Waals surface area (Å²) in [5.74, 6) is 0.917. The van der Waals surface area contributed by atoms with E-state index in [1.807, 2.05) is 23.2 Å². The van der Waals surface area contributed by atoms with Crippen LogP contribution in [0.3, 0.4) is 0 Å².